The fraction of sp³-hybridized carbons (Fsp3) is 0.385. The smallest absolute Gasteiger partial charge is 0.148 e. The Morgan fingerprint density at radius 3 is 2.79 bits per heavy atom. The molecule has 104 valence electrons. The lowest BCUT2D eigenvalue weighted by molar-refractivity contribution is 0.350. The van der Waals surface area contributed by atoms with E-state index in [1.807, 2.05) is 0 Å². The molecule has 3 nitrogen and oxygen atoms in total. The maximum atomic E-state index is 13.4. The van der Waals surface area contributed by atoms with Crippen molar-refractivity contribution >= 4 is 21.6 Å². The van der Waals surface area contributed by atoms with Crippen molar-refractivity contribution in [3.8, 4) is 11.8 Å². The van der Waals surface area contributed by atoms with Crippen LogP contribution in [0.15, 0.2) is 18.2 Å². The highest BCUT2D eigenvalue weighted by Crippen LogP contribution is 2.16. The molecule has 0 atom stereocenters. The third-order valence-electron chi connectivity index (χ3n) is 2.20. The zero-order valence-corrected chi connectivity index (χ0v) is 12.2. The normalized spacial score (nSPS) is 10.9. The Kier molecular flexibility index (Phi) is 6.35. The quantitative estimate of drug-likeness (QED) is 0.661. The first-order valence-electron chi connectivity index (χ1n) is 5.56. The highest BCUT2D eigenvalue weighted by atomic mass is 32.2. The van der Waals surface area contributed by atoms with Crippen LogP contribution in [-0.2, 0) is 15.6 Å². The summed E-state index contributed by atoms with van der Waals surface area (Å²) < 4.78 is 35.3. The van der Waals surface area contributed by atoms with E-state index in [1.165, 1.54) is 24.1 Å². The summed E-state index contributed by atoms with van der Waals surface area (Å²) >= 11 is 1.47. The molecule has 0 amide bonds. The predicted molar refractivity (Wildman–Crippen MR) is 76.2 cm³/mol. The largest absolute Gasteiger partial charge is 0.384 e. The fourth-order valence-electron chi connectivity index (χ4n) is 1.29. The van der Waals surface area contributed by atoms with Crippen molar-refractivity contribution in [3.63, 3.8) is 0 Å². The van der Waals surface area contributed by atoms with Gasteiger partial charge < -0.3 is 5.11 Å². The van der Waals surface area contributed by atoms with Crippen LogP contribution in [0.5, 0.6) is 0 Å². The second-order valence-electron chi connectivity index (χ2n) is 3.96. The number of thioether (sulfide) groups is 1. The third kappa shape index (κ3) is 6.62. The third-order valence-corrected chi connectivity index (χ3v) is 4.43. The van der Waals surface area contributed by atoms with E-state index >= 15 is 0 Å². The van der Waals surface area contributed by atoms with Gasteiger partial charge in [-0.2, -0.15) is 11.8 Å². The van der Waals surface area contributed by atoms with Crippen molar-refractivity contribution < 1.29 is 17.9 Å². The summed E-state index contributed by atoms with van der Waals surface area (Å²) in [7, 11) is -2.94. The van der Waals surface area contributed by atoms with Crippen molar-refractivity contribution in [2.75, 3.05) is 24.4 Å². The molecule has 0 bridgehead atoms. The summed E-state index contributed by atoms with van der Waals surface area (Å²) in [6.45, 7) is -0.313. The first kappa shape index (κ1) is 16.0. The minimum Gasteiger partial charge on any atom is -0.384 e. The van der Waals surface area contributed by atoms with E-state index in [-0.39, 0.29) is 17.9 Å². The number of aliphatic hydroxyl groups excluding tert-OH is 1. The van der Waals surface area contributed by atoms with Crippen molar-refractivity contribution in [1.82, 2.24) is 0 Å². The molecule has 0 radical (unpaired) electrons. The molecule has 0 aromatic heterocycles. The predicted octanol–water partition coefficient (Wildman–Crippen LogP) is 1.45. The molecular weight excluding hydrogens is 287 g/mol. The van der Waals surface area contributed by atoms with Crippen LogP contribution < -0.4 is 0 Å². The van der Waals surface area contributed by atoms with Gasteiger partial charge in [0.25, 0.3) is 0 Å². The van der Waals surface area contributed by atoms with Gasteiger partial charge in [0.2, 0.25) is 0 Å². The Bertz CT molecular complexity index is 586. The minimum absolute atomic E-state index is 0.135. The summed E-state index contributed by atoms with van der Waals surface area (Å²) in [5.41, 5.74) is 1.12. The maximum Gasteiger partial charge on any atom is 0.148 e. The lowest BCUT2D eigenvalue weighted by Gasteiger charge is -2.03. The zero-order valence-electron chi connectivity index (χ0n) is 10.5. The molecule has 0 spiro atoms. The summed E-state index contributed by atoms with van der Waals surface area (Å²) in [6.07, 6.45) is 1.20. The molecule has 0 saturated heterocycles. The van der Waals surface area contributed by atoms with Crippen LogP contribution in [0.1, 0.15) is 11.1 Å². The second kappa shape index (κ2) is 7.53. The molecule has 1 N–H and O–H groups in total. The van der Waals surface area contributed by atoms with E-state index in [1.54, 1.807) is 12.1 Å². The number of hydrogen-bond donors (Lipinski definition) is 1. The van der Waals surface area contributed by atoms with Crippen LogP contribution in [0.4, 0.5) is 4.39 Å². The van der Waals surface area contributed by atoms with Crippen LogP contribution in [0.2, 0.25) is 0 Å². The van der Waals surface area contributed by atoms with Crippen molar-refractivity contribution in [2.45, 2.75) is 5.75 Å². The fourth-order valence-corrected chi connectivity index (χ4v) is 3.54. The monoisotopic (exact) mass is 302 g/mol. The van der Waals surface area contributed by atoms with Gasteiger partial charge in [-0.1, -0.05) is 17.9 Å². The van der Waals surface area contributed by atoms with Gasteiger partial charge in [-0.25, -0.2) is 12.8 Å². The van der Waals surface area contributed by atoms with Gasteiger partial charge in [-0.05, 0) is 17.7 Å². The van der Waals surface area contributed by atoms with Gasteiger partial charge in [0, 0.05) is 17.8 Å². The van der Waals surface area contributed by atoms with Gasteiger partial charge in [0.1, 0.15) is 22.3 Å². The number of benzene rings is 1. The Balaban J connectivity index is 2.60. The molecule has 19 heavy (non-hydrogen) atoms. The van der Waals surface area contributed by atoms with Gasteiger partial charge in [-0.3, -0.25) is 0 Å². The summed E-state index contributed by atoms with van der Waals surface area (Å²) in [5.74, 6) is 5.76. The molecule has 0 saturated carbocycles. The molecule has 1 aromatic carbocycles. The topological polar surface area (TPSA) is 54.4 Å². The van der Waals surface area contributed by atoms with E-state index in [4.69, 9.17) is 5.11 Å². The molecule has 0 heterocycles. The molecule has 6 heteroatoms. The average molecular weight is 302 g/mol. The molecule has 0 aliphatic heterocycles. The standard InChI is InChI=1S/C13H15FO3S2/c1-19(16,17)8-7-18-10-11-4-5-13(14)12(9-11)3-2-6-15/h4-5,9,15H,6-8,10H2,1H3. The second-order valence-corrected chi connectivity index (χ2v) is 7.32. The van der Waals surface area contributed by atoms with E-state index in [0.717, 1.165) is 5.56 Å². The van der Waals surface area contributed by atoms with Crippen LogP contribution >= 0.6 is 11.8 Å². The van der Waals surface area contributed by atoms with E-state index < -0.39 is 15.7 Å². The van der Waals surface area contributed by atoms with Crippen LogP contribution in [0.25, 0.3) is 0 Å². The average Bonchev–Trinajstić information content (AvgIpc) is 2.33. The minimum atomic E-state index is -2.94. The molecule has 0 unspecified atom stereocenters. The molecule has 0 fully saturated rings. The summed E-state index contributed by atoms with van der Waals surface area (Å²) in [5, 5.41) is 8.58. The Hall–Kier alpha value is -1.03. The van der Waals surface area contributed by atoms with Crippen molar-refractivity contribution in [2.24, 2.45) is 0 Å². The number of sulfone groups is 1. The number of halogens is 1. The number of hydrogen-bond acceptors (Lipinski definition) is 4. The molecular formula is C13H15FO3S2. The molecule has 0 aliphatic carbocycles. The molecule has 1 aromatic rings. The molecule has 0 aliphatic rings. The highest BCUT2D eigenvalue weighted by Gasteiger charge is 2.04. The summed E-state index contributed by atoms with van der Waals surface area (Å²) in [6, 6.07) is 4.59. The molecule has 1 rings (SSSR count). The first-order chi connectivity index (χ1) is 8.92. The van der Waals surface area contributed by atoms with Crippen LogP contribution in [0, 0.1) is 17.7 Å². The SMILES string of the molecule is CS(=O)(=O)CCSCc1ccc(F)c(C#CCO)c1. The lowest BCUT2D eigenvalue weighted by atomic mass is 10.1. The highest BCUT2D eigenvalue weighted by molar-refractivity contribution is 7.99. The number of aliphatic hydroxyl groups is 1. The van der Waals surface area contributed by atoms with Crippen molar-refractivity contribution in [1.29, 1.82) is 0 Å². The van der Waals surface area contributed by atoms with Crippen LogP contribution in [-0.4, -0.2) is 37.9 Å². The van der Waals surface area contributed by atoms with Gasteiger partial charge >= 0.3 is 0 Å². The Morgan fingerprint density at radius 2 is 2.16 bits per heavy atom. The first-order valence-corrected chi connectivity index (χ1v) is 8.77. The van der Waals surface area contributed by atoms with Gasteiger partial charge in [0.05, 0.1) is 11.3 Å². The number of rotatable bonds is 5. The summed E-state index contributed by atoms with van der Waals surface area (Å²) in [4.78, 5) is 0. The van der Waals surface area contributed by atoms with E-state index in [2.05, 4.69) is 11.8 Å². The zero-order chi connectivity index (χ0) is 14.3. The Labute approximate surface area is 117 Å². The Morgan fingerprint density at radius 1 is 1.42 bits per heavy atom. The van der Waals surface area contributed by atoms with Crippen LogP contribution in [0.3, 0.4) is 0 Å². The van der Waals surface area contributed by atoms with Gasteiger partial charge in [0.15, 0.2) is 0 Å². The maximum absolute atomic E-state index is 13.4. The van der Waals surface area contributed by atoms with Crippen molar-refractivity contribution in [3.05, 3.63) is 35.1 Å². The van der Waals surface area contributed by atoms with E-state index in [9.17, 15) is 12.8 Å². The van der Waals surface area contributed by atoms with Gasteiger partial charge in [-0.15, -0.1) is 0 Å². The lowest BCUT2D eigenvalue weighted by Crippen LogP contribution is -2.05. The van der Waals surface area contributed by atoms with E-state index in [0.29, 0.717) is 11.5 Å².